The van der Waals surface area contributed by atoms with Crippen molar-refractivity contribution in [2.45, 2.75) is 51.6 Å². The third-order valence-corrected chi connectivity index (χ3v) is 6.01. The SMILES string of the molecule is Cc1ccc(C(CC(=O)N2CCCCCC2)N2Cc3ccccc3C2=O)cc1. The standard InChI is InChI=1S/C24H28N2O2/c1-18-10-12-19(13-11-18)22(16-23(27)25-14-6-2-3-7-15-25)26-17-20-8-4-5-9-21(20)24(26)28/h4-5,8-13,22H,2-3,6-7,14-17H2,1H3. The van der Waals surface area contributed by atoms with Crippen molar-refractivity contribution in [2.24, 2.45) is 0 Å². The molecule has 2 aromatic carbocycles. The number of carbonyl (C=O) groups is 2. The van der Waals surface area contributed by atoms with E-state index in [1.54, 1.807) is 0 Å². The molecular weight excluding hydrogens is 348 g/mol. The van der Waals surface area contributed by atoms with Crippen molar-refractivity contribution >= 4 is 11.8 Å². The number of benzene rings is 2. The number of nitrogens with zero attached hydrogens (tertiary/aromatic N) is 2. The van der Waals surface area contributed by atoms with Crippen LogP contribution in [0.5, 0.6) is 0 Å². The number of amides is 2. The Morgan fingerprint density at radius 1 is 0.964 bits per heavy atom. The molecule has 4 heteroatoms. The summed E-state index contributed by atoms with van der Waals surface area (Å²) in [5.41, 5.74) is 4.03. The normalized spacial score (nSPS) is 18.0. The Balaban J connectivity index is 1.60. The number of hydrogen-bond acceptors (Lipinski definition) is 2. The van der Waals surface area contributed by atoms with Crippen LogP contribution in [0.4, 0.5) is 0 Å². The maximum atomic E-state index is 13.1. The minimum atomic E-state index is -0.226. The molecule has 0 spiro atoms. The number of fused-ring (bicyclic) bond motifs is 1. The van der Waals surface area contributed by atoms with E-state index in [1.165, 1.54) is 18.4 Å². The highest BCUT2D eigenvalue weighted by molar-refractivity contribution is 5.98. The molecule has 4 nitrogen and oxygen atoms in total. The molecule has 2 amide bonds. The van der Waals surface area contributed by atoms with Gasteiger partial charge in [-0.25, -0.2) is 0 Å². The summed E-state index contributed by atoms with van der Waals surface area (Å²) >= 11 is 0. The second-order valence-corrected chi connectivity index (χ2v) is 8.02. The van der Waals surface area contributed by atoms with Crippen LogP contribution in [0.1, 0.15) is 65.2 Å². The van der Waals surface area contributed by atoms with Crippen LogP contribution in [0, 0.1) is 6.92 Å². The minimum absolute atomic E-state index is 0.0323. The Morgan fingerprint density at radius 3 is 2.32 bits per heavy atom. The molecule has 0 aliphatic carbocycles. The van der Waals surface area contributed by atoms with Gasteiger partial charge in [-0.2, -0.15) is 0 Å². The van der Waals surface area contributed by atoms with E-state index in [4.69, 9.17) is 0 Å². The Kier molecular flexibility index (Phi) is 5.47. The van der Waals surface area contributed by atoms with Crippen molar-refractivity contribution < 1.29 is 9.59 Å². The zero-order valence-electron chi connectivity index (χ0n) is 16.6. The van der Waals surface area contributed by atoms with E-state index in [2.05, 4.69) is 31.2 Å². The first-order valence-corrected chi connectivity index (χ1v) is 10.4. The third-order valence-electron chi connectivity index (χ3n) is 6.01. The van der Waals surface area contributed by atoms with E-state index in [0.717, 1.165) is 42.6 Å². The van der Waals surface area contributed by atoms with Gasteiger partial charge in [-0.1, -0.05) is 60.9 Å². The molecule has 1 unspecified atom stereocenters. The van der Waals surface area contributed by atoms with Gasteiger partial charge in [-0.05, 0) is 37.0 Å². The fourth-order valence-electron chi connectivity index (χ4n) is 4.34. The fraction of sp³-hybridized carbons (Fsp3) is 0.417. The van der Waals surface area contributed by atoms with E-state index in [9.17, 15) is 9.59 Å². The molecule has 28 heavy (non-hydrogen) atoms. The molecule has 0 radical (unpaired) electrons. The molecule has 1 atom stereocenters. The summed E-state index contributed by atoms with van der Waals surface area (Å²) in [6.07, 6.45) is 4.91. The van der Waals surface area contributed by atoms with Gasteiger partial charge in [0.2, 0.25) is 5.91 Å². The summed E-state index contributed by atoms with van der Waals surface area (Å²) in [6, 6.07) is 15.8. The molecule has 2 aliphatic heterocycles. The number of hydrogen-bond donors (Lipinski definition) is 0. The monoisotopic (exact) mass is 376 g/mol. The van der Waals surface area contributed by atoms with Gasteiger partial charge in [-0.3, -0.25) is 9.59 Å². The van der Waals surface area contributed by atoms with Gasteiger partial charge in [0, 0.05) is 25.2 Å². The van der Waals surface area contributed by atoms with Gasteiger partial charge in [0.1, 0.15) is 0 Å². The lowest BCUT2D eigenvalue weighted by Gasteiger charge is -2.30. The van der Waals surface area contributed by atoms with Crippen LogP contribution in [-0.2, 0) is 11.3 Å². The zero-order valence-corrected chi connectivity index (χ0v) is 16.6. The molecule has 0 aromatic heterocycles. The van der Waals surface area contributed by atoms with Gasteiger partial charge in [0.05, 0.1) is 12.5 Å². The summed E-state index contributed by atoms with van der Waals surface area (Å²) in [4.78, 5) is 30.1. The average molecular weight is 376 g/mol. The molecule has 2 heterocycles. The topological polar surface area (TPSA) is 40.6 Å². The number of likely N-dealkylation sites (tertiary alicyclic amines) is 1. The first-order chi connectivity index (χ1) is 13.6. The number of aryl methyl sites for hydroxylation is 1. The predicted molar refractivity (Wildman–Crippen MR) is 110 cm³/mol. The molecule has 2 aliphatic rings. The highest BCUT2D eigenvalue weighted by atomic mass is 16.2. The Morgan fingerprint density at radius 2 is 1.64 bits per heavy atom. The van der Waals surface area contributed by atoms with E-state index in [-0.39, 0.29) is 17.9 Å². The van der Waals surface area contributed by atoms with Crippen LogP contribution in [0.25, 0.3) is 0 Å². The van der Waals surface area contributed by atoms with Gasteiger partial charge in [0.25, 0.3) is 5.91 Å². The molecule has 146 valence electrons. The second kappa shape index (κ2) is 8.17. The average Bonchev–Trinajstić information content (AvgIpc) is 2.88. The summed E-state index contributed by atoms with van der Waals surface area (Å²) in [6.45, 7) is 4.31. The molecular formula is C24H28N2O2. The van der Waals surface area contributed by atoms with E-state index < -0.39 is 0 Å². The minimum Gasteiger partial charge on any atom is -0.343 e. The van der Waals surface area contributed by atoms with E-state index >= 15 is 0 Å². The van der Waals surface area contributed by atoms with E-state index in [1.807, 2.05) is 34.1 Å². The Hall–Kier alpha value is -2.62. The maximum Gasteiger partial charge on any atom is 0.255 e. The van der Waals surface area contributed by atoms with Gasteiger partial charge in [-0.15, -0.1) is 0 Å². The van der Waals surface area contributed by atoms with Gasteiger partial charge < -0.3 is 9.80 Å². The summed E-state index contributed by atoms with van der Waals surface area (Å²) in [5, 5.41) is 0. The van der Waals surface area contributed by atoms with Crippen molar-refractivity contribution in [1.29, 1.82) is 0 Å². The predicted octanol–water partition coefficient (Wildman–Crippen LogP) is 4.48. The van der Waals surface area contributed by atoms with Crippen molar-refractivity contribution in [2.75, 3.05) is 13.1 Å². The summed E-state index contributed by atoms with van der Waals surface area (Å²) in [5.74, 6) is 0.195. The largest absolute Gasteiger partial charge is 0.343 e. The lowest BCUT2D eigenvalue weighted by atomic mass is 10.00. The maximum absolute atomic E-state index is 13.1. The first kappa shape index (κ1) is 18.7. The smallest absolute Gasteiger partial charge is 0.255 e. The molecule has 1 fully saturated rings. The number of rotatable bonds is 4. The molecule has 4 rings (SSSR count). The van der Waals surface area contributed by atoms with Crippen LogP contribution in [0.3, 0.4) is 0 Å². The lowest BCUT2D eigenvalue weighted by Crippen LogP contribution is -2.37. The fourth-order valence-corrected chi connectivity index (χ4v) is 4.34. The highest BCUT2D eigenvalue weighted by Crippen LogP contribution is 2.34. The quantitative estimate of drug-likeness (QED) is 0.789. The molecule has 2 aromatic rings. The number of carbonyl (C=O) groups excluding carboxylic acids is 2. The van der Waals surface area contributed by atoms with Crippen molar-refractivity contribution in [1.82, 2.24) is 9.80 Å². The van der Waals surface area contributed by atoms with Crippen LogP contribution in [0.2, 0.25) is 0 Å². The van der Waals surface area contributed by atoms with Crippen LogP contribution >= 0.6 is 0 Å². The Bertz CT molecular complexity index is 851. The summed E-state index contributed by atoms with van der Waals surface area (Å²) in [7, 11) is 0. The van der Waals surface area contributed by atoms with Crippen LogP contribution in [-0.4, -0.2) is 34.7 Å². The zero-order chi connectivity index (χ0) is 19.5. The lowest BCUT2D eigenvalue weighted by molar-refractivity contribution is -0.132. The van der Waals surface area contributed by atoms with E-state index in [0.29, 0.717) is 13.0 Å². The summed E-state index contributed by atoms with van der Waals surface area (Å²) < 4.78 is 0. The molecule has 1 saturated heterocycles. The highest BCUT2D eigenvalue weighted by Gasteiger charge is 2.35. The molecule has 0 bridgehead atoms. The molecule has 0 N–H and O–H groups in total. The molecule has 0 saturated carbocycles. The van der Waals surface area contributed by atoms with Gasteiger partial charge >= 0.3 is 0 Å². The van der Waals surface area contributed by atoms with Gasteiger partial charge in [0.15, 0.2) is 0 Å². The third kappa shape index (κ3) is 3.82. The first-order valence-electron chi connectivity index (χ1n) is 10.4. The van der Waals surface area contributed by atoms with Crippen molar-refractivity contribution in [3.63, 3.8) is 0 Å². The Labute approximate surface area is 167 Å². The van der Waals surface area contributed by atoms with Crippen LogP contribution < -0.4 is 0 Å². The van der Waals surface area contributed by atoms with Crippen LogP contribution in [0.15, 0.2) is 48.5 Å². The van der Waals surface area contributed by atoms with Crippen molar-refractivity contribution in [3.8, 4) is 0 Å². The second-order valence-electron chi connectivity index (χ2n) is 8.02. The van der Waals surface area contributed by atoms with Crippen molar-refractivity contribution in [3.05, 3.63) is 70.8 Å².